The van der Waals surface area contributed by atoms with E-state index in [2.05, 4.69) is 19.3 Å². The van der Waals surface area contributed by atoms with E-state index < -0.39 is 33.2 Å². The van der Waals surface area contributed by atoms with Crippen LogP contribution in [0.4, 0.5) is 18.0 Å². The van der Waals surface area contributed by atoms with Crippen LogP contribution >= 0.6 is 11.6 Å². The molecular weight excluding hydrogens is 557 g/mol. The fourth-order valence-electron chi connectivity index (χ4n) is 3.33. The number of hydrazine groups is 1. The molecule has 2 aromatic rings. The second-order valence-electron chi connectivity index (χ2n) is 8.04. The van der Waals surface area contributed by atoms with Crippen LogP contribution < -0.4 is 19.6 Å². The van der Waals surface area contributed by atoms with Gasteiger partial charge in [-0.2, -0.15) is 21.6 Å². The number of methoxy groups -OCH3 is 1. The number of benzene rings is 1. The van der Waals surface area contributed by atoms with E-state index in [4.69, 9.17) is 25.8 Å². The molecule has 0 unspecified atom stereocenters. The highest BCUT2D eigenvalue weighted by atomic mass is 35.5. The third-order valence-corrected chi connectivity index (χ3v) is 6.27. The number of alkyl halides is 3. The quantitative estimate of drug-likeness (QED) is 0.377. The summed E-state index contributed by atoms with van der Waals surface area (Å²) in [6.07, 6.45) is -2.75. The lowest BCUT2D eigenvalue weighted by molar-refractivity contribution is -0.137. The SMILES string of the molecule is COCCOc1ccc(CNC(=O)OS(=O)(=O)NN2CCCCC2)c(Oc2ncc(C(F)(F)F)cc2Cl)c1. The van der Waals surface area contributed by atoms with Gasteiger partial charge < -0.3 is 23.7 Å². The summed E-state index contributed by atoms with van der Waals surface area (Å²) in [5, 5.41) is 3.33. The molecule has 1 fully saturated rings. The highest BCUT2D eigenvalue weighted by Crippen LogP contribution is 2.36. The van der Waals surface area contributed by atoms with E-state index in [0.29, 0.717) is 36.7 Å². The maximum absolute atomic E-state index is 12.9. The number of carbonyl (C=O) groups excluding carboxylic acids is 1. The first-order valence-electron chi connectivity index (χ1n) is 11.4. The minimum Gasteiger partial charge on any atom is -0.491 e. The van der Waals surface area contributed by atoms with Gasteiger partial charge in [-0.05, 0) is 31.0 Å². The van der Waals surface area contributed by atoms with Crippen molar-refractivity contribution in [2.24, 2.45) is 0 Å². The minimum atomic E-state index is -4.65. The number of carbonyl (C=O) groups is 1. The van der Waals surface area contributed by atoms with E-state index >= 15 is 0 Å². The van der Waals surface area contributed by atoms with Gasteiger partial charge in [0.15, 0.2) is 0 Å². The lowest BCUT2D eigenvalue weighted by Crippen LogP contribution is -2.46. The molecule has 1 aromatic heterocycles. The van der Waals surface area contributed by atoms with E-state index in [0.717, 1.165) is 19.3 Å². The molecule has 2 N–H and O–H groups in total. The van der Waals surface area contributed by atoms with Crippen molar-refractivity contribution in [2.75, 3.05) is 33.4 Å². The second kappa shape index (κ2) is 13.3. The van der Waals surface area contributed by atoms with Gasteiger partial charge >= 0.3 is 22.6 Å². The van der Waals surface area contributed by atoms with Gasteiger partial charge in [-0.25, -0.2) is 14.8 Å². The van der Waals surface area contributed by atoms with Gasteiger partial charge in [-0.3, -0.25) is 0 Å². The van der Waals surface area contributed by atoms with Gasteiger partial charge in [0.1, 0.15) is 23.1 Å². The molecule has 1 aliphatic heterocycles. The number of halogens is 4. The molecule has 1 aliphatic rings. The van der Waals surface area contributed by atoms with Crippen LogP contribution in [0.5, 0.6) is 17.4 Å². The molecule has 3 rings (SSSR count). The third kappa shape index (κ3) is 9.16. The van der Waals surface area contributed by atoms with Crippen molar-refractivity contribution in [1.29, 1.82) is 0 Å². The highest BCUT2D eigenvalue weighted by molar-refractivity contribution is 7.85. The van der Waals surface area contributed by atoms with Crippen LogP contribution in [0, 0.1) is 0 Å². The Kier molecular flexibility index (Phi) is 10.4. The number of piperidine rings is 1. The van der Waals surface area contributed by atoms with Crippen LogP contribution in [-0.4, -0.2) is 57.9 Å². The van der Waals surface area contributed by atoms with Crippen LogP contribution in [0.3, 0.4) is 0 Å². The molecule has 16 heteroatoms. The number of ether oxygens (including phenoxy) is 3. The summed E-state index contributed by atoms with van der Waals surface area (Å²) in [6.45, 7) is 1.19. The molecule has 0 atom stereocenters. The maximum Gasteiger partial charge on any atom is 0.424 e. The Morgan fingerprint density at radius 1 is 1.16 bits per heavy atom. The van der Waals surface area contributed by atoms with Gasteiger partial charge in [-0.1, -0.05) is 18.0 Å². The predicted octanol–water partition coefficient (Wildman–Crippen LogP) is 4.03. The average molecular weight is 583 g/mol. The van der Waals surface area contributed by atoms with Crippen molar-refractivity contribution >= 4 is 28.0 Å². The molecule has 11 nitrogen and oxygen atoms in total. The Bertz CT molecular complexity index is 1210. The second-order valence-corrected chi connectivity index (χ2v) is 9.70. The smallest absolute Gasteiger partial charge is 0.424 e. The minimum absolute atomic E-state index is 0.0312. The molecular formula is C22H26ClF3N4O7S. The maximum atomic E-state index is 12.9. The molecule has 1 amide bonds. The third-order valence-electron chi connectivity index (χ3n) is 5.14. The highest BCUT2D eigenvalue weighted by Gasteiger charge is 2.32. The summed E-state index contributed by atoms with van der Waals surface area (Å²) in [5.74, 6) is 0.0224. The molecule has 0 saturated carbocycles. The van der Waals surface area contributed by atoms with Crippen molar-refractivity contribution in [1.82, 2.24) is 20.1 Å². The number of nitrogens with one attached hydrogen (secondary N) is 2. The largest absolute Gasteiger partial charge is 0.491 e. The first kappa shape index (κ1) is 29.7. The first-order chi connectivity index (χ1) is 18.0. The zero-order chi connectivity index (χ0) is 27.8. The number of aromatic nitrogens is 1. The van der Waals surface area contributed by atoms with Crippen molar-refractivity contribution in [2.45, 2.75) is 32.0 Å². The van der Waals surface area contributed by atoms with Crippen molar-refractivity contribution < 1.29 is 44.8 Å². The number of nitrogens with zero attached hydrogens (tertiary/aromatic N) is 2. The summed E-state index contributed by atoms with van der Waals surface area (Å²) in [4.78, 5) is 18.0. The number of hydrogen-bond donors (Lipinski definition) is 2. The molecule has 0 bridgehead atoms. The molecule has 1 saturated heterocycles. The van der Waals surface area contributed by atoms with Crippen LogP contribution in [-0.2, 0) is 31.9 Å². The molecule has 210 valence electrons. The zero-order valence-electron chi connectivity index (χ0n) is 20.2. The van der Waals surface area contributed by atoms with Crippen molar-refractivity contribution in [3.05, 3.63) is 46.6 Å². The summed E-state index contributed by atoms with van der Waals surface area (Å²) >= 11 is 5.96. The van der Waals surface area contributed by atoms with Crippen LogP contribution in [0.1, 0.15) is 30.4 Å². The van der Waals surface area contributed by atoms with Gasteiger partial charge in [0.05, 0.1) is 12.2 Å². The first-order valence-corrected chi connectivity index (χ1v) is 13.2. The van der Waals surface area contributed by atoms with E-state index in [-0.39, 0.29) is 31.4 Å². The zero-order valence-corrected chi connectivity index (χ0v) is 21.8. The van der Waals surface area contributed by atoms with E-state index in [1.54, 1.807) is 6.07 Å². The lowest BCUT2D eigenvalue weighted by atomic mass is 10.2. The molecule has 1 aromatic carbocycles. The van der Waals surface area contributed by atoms with E-state index in [1.165, 1.54) is 24.3 Å². The lowest BCUT2D eigenvalue weighted by Gasteiger charge is -2.25. The van der Waals surface area contributed by atoms with Crippen molar-refractivity contribution in [3.63, 3.8) is 0 Å². The Labute approximate surface area is 222 Å². The van der Waals surface area contributed by atoms with E-state index in [9.17, 15) is 26.4 Å². The standard InChI is InChI=1S/C22H26ClF3N4O7S/c1-34-9-10-35-17-6-5-15(13-28-21(31)37-38(32,33)29-30-7-3-2-4-8-30)19(12-17)36-20-18(23)11-16(14-27-20)22(24,25)26/h5-6,11-12,14,29H,2-4,7-10,13H2,1H3,(H,28,31). The molecule has 0 spiro atoms. The van der Waals surface area contributed by atoms with Gasteiger partial charge in [0.2, 0.25) is 5.88 Å². The normalized spacial score (nSPS) is 14.7. The summed E-state index contributed by atoms with van der Waals surface area (Å²) in [5.41, 5.74) is -0.768. The number of hydrogen-bond acceptors (Lipinski definition) is 9. The van der Waals surface area contributed by atoms with E-state index in [1.807, 2.05) is 0 Å². The number of pyridine rings is 1. The fraction of sp³-hybridized carbons (Fsp3) is 0.455. The Balaban J connectivity index is 1.72. The Morgan fingerprint density at radius 3 is 2.55 bits per heavy atom. The summed E-state index contributed by atoms with van der Waals surface area (Å²) < 4.78 is 83.7. The van der Waals surface area contributed by atoms with Gasteiger partial charge in [-0.15, -0.1) is 4.83 Å². The van der Waals surface area contributed by atoms with Crippen LogP contribution in [0.25, 0.3) is 0 Å². The molecule has 0 radical (unpaired) electrons. The number of amides is 1. The predicted molar refractivity (Wildman–Crippen MR) is 129 cm³/mol. The summed E-state index contributed by atoms with van der Waals surface area (Å²) in [6, 6.07) is 5.11. The molecule has 2 heterocycles. The van der Waals surface area contributed by atoms with Gasteiger partial charge in [0.25, 0.3) is 0 Å². The fourth-order valence-corrected chi connectivity index (χ4v) is 4.33. The van der Waals surface area contributed by atoms with Gasteiger partial charge in [0, 0.05) is 44.6 Å². The Hall–Kier alpha value is -2.85. The monoisotopic (exact) mass is 582 g/mol. The molecule has 38 heavy (non-hydrogen) atoms. The number of rotatable bonds is 11. The van der Waals surface area contributed by atoms with Crippen LogP contribution in [0.2, 0.25) is 5.02 Å². The van der Waals surface area contributed by atoms with Crippen LogP contribution in [0.15, 0.2) is 30.5 Å². The summed E-state index contributed by atoms with van der Waals surface area (Å²) in [7, 11) is -2.91. The van der Waals surface area contributed by atoms with Crippen molar-refractivity contribution in [3.8, 4) is 17.4 Å². The average Bonchev–Trinajstić information content (AvgIpc) is 2.84. The molecule has 0 aliphatic carbocycles. The topological polar surface area (TPSA) is 128 Å². The Morgan fingerprint density at radius 2 is 1.89 bits per heavy atom.